The van der Waals surface area contributed by atoms with Crippen molar-refractivity contribution in [2.24, 2.45) is 4.99 Å². The molecule has 5 nitrogen and oxygen atoms in total. The van der Waals surface area contributed by atoms with Crippen LogP contribution in [-0.2, 0) is 13.1 Å². The molecule has 136 valence electrons. The molecule has 0 aliphatic rings. The van der Waals surface area contributed by atoms with Crippen LogP contribution < -0.4 is 14.8 Å². The summed E-state index contributed by atoms with van der Waals surface area (Å²) in [6.07, 6.45) is 0. The fourth-order valence-corrected chi connectivity index (χ4v) is 2.49. The van der Waals surface area contributed by atoms with Crippen LogP contribution in [-0.4, -0.2) is 39.2 Å². The quantitative estimate of drug-likeness (QED) is 0.412. The highest BCUT2D eigenvalue weighted by molar-refractivity contribution is 14.0. The Morgan fingerprint density at radius 1 is 1.08 bits per heavy atom. The molecule has 0 saturated carbocycles. The third-order valence-corrected chi connectivity index (χ3v) is 3.77. The summed E-state index contributed by atoms with van der Waals surface area (Å²) in [4.78, 5) is 6.44. The number of hydrogen-bond acceptors (Lipinski definition) is 3. The third kappa shape index (κ3) is 6.12. The number of halogens is 1. The predicted octanol–water partition coefficient (Wildman–Crippen LogP) is 3.53. The normalized spacial score (nSPS) is 10.6. The number of methoxy groups -OCH3 is 2. The van der Waals surface area contributed by atoms with Crippen molar-refractivity contribution in [2.45, 2.75) is 13.1 Å². The summed E-state index contributed by atoms with van der Waals surface area (Å²) >= 11 is 0. The standard InChI is InChI=1S/C19H25N3O2.HI/c1-20-19(22(2)14-15-8-6-5-7-9-15)21-13-16-10-11-17(23-3)12-18(16)24-4;/h5-12H,13-14H2,1-4H3,(H,20,21);1H. The summed E-state index contributed by atoms with van der Waals surface area (Å²) in [7, 11) is 7.12. The number of nitrogens with zero attached hydrogens (tertiary/aromatic N) is 2. The van der Waals surface area contributed by atoms with Gasteiger partial charge in [-0.2, -0.15) is 0 Å². The van der Waals surface area contributed by atoms with Crippen LogP contribution in [0.5, 0.6) is 11.5 Å². The van der Waals surface area contributed by atoms with E-state index in [9.17, 15) is 0 Å². The Bertz CT molecular complexity index is 678. The van der Waals surface area contributed by atoms with Gasteiger partial charge >= 0.3 is 0 Å². The smallest absolute Gasteiger partial charge is 0.193 e. The molecule has 0 unspecified atom stereocenters. The van der Waals surface area contributed by atoms with Gasteiger partial charge in [-0.25, -0.2) is 0 Å². The number of aliphatic imine (C=N–C) groups is 1. The maximum Gasteiger partial charge on any atom is 0.193 e. The molecule has 1 N–H and O–H groups in total. The van der Waals surface area contributed by atoms with Crippen molar-refractivity contribution < 1.29 is 9.47 Å². The molecule has 0 aliphatic carbocycles. The first-order valence-electron chi connectivity index (χ1n) is 7.84. The van der Waals surface area contributed by atoms with E-state index < -0.39 is 0 Å². The van der Waals surface area contributed by atoms with Gasteiger partial charge in [0.25, 0.3) is 0 Å². The molecule has 25 heavy (non-hydrogen) atoms. The third-order valence-electron chi connectivity index (χ3n) is 3.77. The molecule has 2 aromatic carbocycles. The van der Waals surface area contributed by atoms with E-state index in [0.717, 1.165) is 29.6 Å². The monoisotopic (exact) mass is 455 g/mol. The molecule has 0 aromatic heterocycles. The highest BCUT2D eigenvalue weighted by Crippen LogP contribution is 2.24. The van der Waals surface area contributed by atoms with Crippen LogP contribution in [0.2, 0.25) is 0 Å². The lowest BCUT2D eigenvalue weighted by molar-refractivity contribution is 0.390. The molecule has 6 heteroatoms. The molecule has 2 rings (SSSR count). The van der Waals surface area contributed by atoms with Crippen LogP contribution in [0, 0.1) is 0 Å². The van der Waals surface area contributed by atoms with Crippen LogP contribution in [0.3, 0.4) is 0 Å². The van der Waals surface area contributed by atoms with E-state index in [1.54, 1.807) is 21.3 Å². The topological polar surface area (TPSA) is 46.1 Å². The fraction of sp³-hybridized carbons (Fsp3) is 0.316. The second-order valence-electron chi connectivity index (χ2n) is 5.42. The van der Waals surface area contributed by atoms with Gasteiger partial charge in [0, 0.05) is 38.8 Å². The average Bonchev–Trinajstić information content (AvgIpc) is 2.63. The summed E-state index contributed by atoms with van der Waals surface area (Å²) < 4.78 is 10.7. The molecule has 0 amide bonds. The average molecular weight is 455 g/mol. The Morgan fingerprint density at radius 3 is 2.40 bits per heavy atom. The molecule has 0 spiro atoms. The zero-order valence-electron chi connectivity index (χ0n) is 15.2. The molecule has 0 atom stereocenters. The van der Waals surface area contributed by atoms with Crippen LogP contribution in [0.25, 0.3) is 0 Å². The largest absolute Gasteiger partial charge is 0.497 e. The van der Waals surface area contributed by atoms with Crippen molar-refractivity contribution in [2.75, 3.05) is 28.3 Å². The van der Waals surface area contributed by atoms with E-state index in [1.807, 2.05) is 43.4 Å². The SMILES string of the molecule is CN=C(NCc1ccc(OC)cc1OC)N(C)Cc1ccccc1.I. The van der Waals surface area contributed by atoms with Crippen molar-refractivity contribution in [1.82, 2.24) is 10.2 Å². The number of ether oxygens (including phenoxy) is 2. The van der Waals surface area contributed by atoms with E-state index in [0.29, 0.717) is 6.54 Å². The van der Waals surface area contributed by atoms with Crippen molar-refractivity contribution in [3.8, 4) is 11.5 Å². The van der Waals surface area contributed by atoms with E-state index in [4.69, 9.17) is 9.47 Å². The summed E-state index contributed by atoms with van der Waals surface area (Å²) in [5, 5.41) is 3.37. The Labute approximate surface area is 167 Å². The number of hydrogen-bond donors (Lipinski definition) is 1. The van der Waals surface area contributed by atoms with Gasteiger partial charge in [0.2, 0.25) is 0 Å². The molecule has 0 heterocycles. The Morgan fingerprint density at radius 2 is 1.80 bits per heavy atom. The first-order valence-corrected chi connectivity index (χ1v) is 7.84. The lowest BCUT2D eigenvalue weighted by atomic mass is 10.2. The zero-order valence-corrected chi connectivity index (χ0v) is 17.5. The fourth-order valence-electron chi connectivity index (χ4n) is 2.49. The predicted molar refractivity (Wildman–Crippen MR) is 113 cm³/mol. The van der Waals surface area contributed by atoms with Gasteiger partial charge in [-0.1, -0.05) is 30.3 Å². The van der Waals surface area contributed by atoms with Gasteiger partial charge in [0.05, 0.1) is 14.2 Å². The number of nitrogens with one attached hydrogen (secondary N) is 1. The van der Waals surface area contributed by atoms with Gasteiger partial charge in [0.1, 0.15) is 11.5 Å². The first kappa shape index (κ1) is 21.1. The summed E-state index contributed by atoms with van der Waals surface area (Å²) in [6, 6.07) is 16.1. The van der Waals surface area contributed by atoms with Crippen LogP contribution in [0.1, 0.15) is 11.1 Å². The zero-order chi connectivity index (χ0) is 17.4. The summed E-state index contributed by atoms with van der Waals surface area (Å²) in [6.45, 7) is 1.42. The number of rotatable bonds is 6. The minimum absolute atomic E-state index is 0. The van der Waals surface area contributed by atoms with Crippen molar-refractivity contribution in [3.63, 3.8) is 0 Å². The number of benzene rings is 2. The van der Waals surface area contributed by atoms with Gasteiger partial charge in [-0.3, -0.25) is 4.99 Å². The van der Waals surface area contributed by atoms with Gasteiger partial charge in [0.15, 0.2) is 5.96 Å². The van der Waals surface area contributed by atoms with Crippen LogP contribution >= 0.6 is 24.0 Å². The highest BCUT2D eigenvalue weighted by atomic mass is 127. The Kier molecular flexibility index (Phi) is 9.12. The minimum atomic E-state index is 0. The van der Waals surface area contributed by atoms with E-state index in [-0.39, 0.29) is 24.0 Å². The molecule has 0 aliphatic heterocycles. The lowest BCUT2D eigenvalue weighted by Gasteiger charge is -2.22. The summed E-state index contributed by atoms with van der Waals surface area (Å²) in [5.41, 5.74) is 2.29. The van der Waals surface area contributed by atoms with Crippen LogP contribution in [0.4, 0.5) is 0 Å². The molecular weight excluding hydrogens is 429 g/mol. The van der Waals surface area contributed by atoms with Crippen molar-refractivity contribution >= 4 is 29.9 Å². The van der Waals surface area contributed by atoms with E-state index in [1.165, 1.54) is 5.56 Å². The summed E-state index contributed by atoms with van der Waals surface area (Å²) in [5.74, 6) is 2.40. The van der Waals surface area contributed by atoms with Gasteiger partial charge in [-0.05, 0) is 17.7 Å². The maximum atomic E-state index is 5.44. The van der Waals surface area contributed by atoms with Crippen molar-refractivity contribution in [3.05, 3.63) is 59.7 Å². The second kappa shape index (κ2) is 10.8. The Balaban J connectivity index is 0.00000312. The van der Waals surface area contributed by atoms with Gasteiger partial charge in [-0.15, -0.1) is 24.0 Å². The molecule has 0 fully saturated rings. The molecule has 0 bridgehead atoms. The lowest BCUT2D eigenvalue weighted by Crippen LogP contribution is -2.38. The molecule has 0 radical (unpaired) electrons. The molecule has 2 aromatic rings. The first-order chi connectivity index (χ1) is 11.7. The number of guanidine groups is 1. The maximum absolute atomic E-state index is 5.44. The van der Waals surface area contributed by atoms with E-state index >= 15 is 0 Å². The van der Waals surface area contributed by atoms with Crippen LogP contribution in [0.15, 0.2) is 53.5 Å². The van der Waals surface area contributed by atoms with E-state index in [2.05, 4.69) is 27.3 Å². The minimum Gasteiger partial charge on any atom is -0.497 e. The highest BCUT2D eigenvalue weighted by Gasteiger charge is 2.09. The molecule has 0 saturated heterocycles. The van der Waals surface area contributed by atoms with Crippen molar-refractivity contribution in [1.29, 1.82) is 0 Å². The Hall–Kier alpha value is -1.96. The second-order valence-corrected chi connectivity index (χ2v) is 5.42. The molecular formula is C19H26IN3O2. The van der Waals surface area contributed by atoms with Gasteiger partial charge < -0.3 is 19.7 Å².